The highest BCUT2D eigenvalue weighted by molar-refractivity contribution is 5.71. The van der Waals surface area contributed by atoms with Crippen molar-refractivity contribution in [1.82, 2.24) is 9.38 Å². The predicted molar refractivity (Wildman–Crippen MR) is 84.7 cm³/mol. The van der Waals surface area contributed by atoms with E-state index in [2.05, 4.69) is 4.98 Å². The average Bonchev–Trinajstić information content (AvgIpc) is 2.61. The molecule has 0 amide bonds. The lowest BCUT2D eigenvalue weighted by atomic mass is 10.1. The van der Waals surface area contributed by atoms with Gasteiger partial charge in [0.25, 0.3) is 5.56 Å². The van der Waals surface area contributed by atoms with Crippen LogP contribution in [0, 0.1) is 11.3 Å². The minimum absolute atomic E-state index is 0.0130. The largest absolute Gasteiger partial charge is 0.493 e. The van der Waals surface area contributed by atoms with Crippen molar-refractivity contribution in [2.45, 2.75) is 0 Å². The quantitative estimate of drug-likeness (QED) is 0.741. The van der Waals surface area contributed by atoms with Gasteiger partial charge in [0.2, 0.25) is 0 Å². The van der Waals surface area contributed by atoms with E-state index in [1.807, 2.05) is 6.07 Å². The number of rotatable bonds is 3. The number of pyridine rings is 1. The van der Waals surface area contributed by atoms with E-state index in [1.165, 1.54) is 11.5 Å². The van der Waals surface area contributed by atoms with Crippen LogP contribution in [0.4, 0.5) is 0 Å². The third-order valence-corrected chi connectivity index (χ3v) is 3.50. The van der Waals surface area contributed by atoms with Crippen LogP contribution in [0.2, 0.25) is 0 Å². The monoisotopic (exact) mass is 307 g/mol. The Balaban J connectivity index is 2.32. The van der Waals surface area contributed by atoms with Crippen molar-refractivity contribution in [3.63, 3.8) is 0 Å². The van der Waals surface area contributed by atoms with E-state index >= 15 is 0 Å². The molecular weight excluding hydrogens is 294 g/mol. The lowest BCUT2D eigenvalue weighted by Gasteiger charge is -2.11. The third-order valence-electron chi connectivity index (χ3n) is 3.50. The van der Waals surface area contributed by atoms with E-state index in [0.717, 1.165) is 0 Å². The smallest absolute Gasteiger partial charge is 0.276 e. The molecule has 2 aromatic heterocycles. The van der Waals surface area contributed by atoms with Gasteiger partial charge < -0.3 is 9.47 Å². The molecular formula is C17H13N3O3. The lowest BCUT2D eigenvalue weighted by molar-refractivity contribution is 0.355. The van der Waals surface area contributed by atoms with Crippen LogP contribution in [0.1, 0.15) is 5.56 Å². The SMILES string of the molecule is COc1ccc(-c2nc3ccccn3c(=O)c2C#N)cc1OC. The Labute approximate surface area is 132 Å². The number of nitriles is 1. The van der Waals surface area contributed by atoms with Crippen molar-refractivity contribution in [2.24, 2.45) is 0 Å². The molecule has 0 aliphatic carbocycles. The van der Waals surface area contributed by atoms with E-state index in [4.69, 9.17) is 9.47 Å². The van der Waals surface area contributed by atoms with Gasteiger partial charge in [-0.05, 0) is 30.3 Å². The number of benzene rings is 1. The molecule has 0 bridgehead atoms. The van der Waals surface area contributed by atoms with Crippen LogP contribution in [0.15, 0.2) is 47.4 Å². The summed E-state index contributed by atoms with van der Waals surface area (Å²) in [6, 6.07) is 12.3. The van der Waals surface area contributed by atoms with Crippen LogP contribution >= 0.6 is 0 Å². The Kier molecular flexibility index (Phi) is 3.69. The summed E-state index contributed by atoms with van der Waals surface area (Å²) < 4.78 is 11.8. The van der Waals surface area contributed by atoms with Crippen molar-refractivity contribution in [1.29, 1.82) is 5.26 Å². The average molecular weight is 307 g/mol. The van der Waals surface area contributed by atoms with E-state index in [9.17, 15) is 10.1 Å². The zero-order valence-electron chi connectivity index (χ0n) is 12.6. The number of hydrogen-bond acceptors (Lipinski definition) is 5. The van der Waals surface area contributed by atoms with E-state index < -0.39 is 5.56 Å². The number of nitrogens with zero attached hydrogens (tertiary/aromatic N) is 3. The second kappa shape index (κ2) is 5.81. The van der Waals surface area contributed by atoms with Gasteiger partial charge in [0, 0.05) is 11.8 Å². The fourth-order valence-electron chi connectivity index (χ4n) is 2.38. The van der Waals surface area contributed by atoms with Crippen LogP contribution in [0.5, 0.6) is 11.5 Å². The summed E-state index contributed by atoms with van der Waals surface area (Å²) in [6.45, 7) is 0. The van der Waals surface area contributed by atoms with Crippen molar-refractivity contribution in [3.05, 3.63) is 58.5 Å². The highest BCUT2D eigenvalue weighted by Gasteiger charge is 2.16. The Bertz CT molecular complexity index is 987. The molecule has 3 aromatic rings. The Hall–Kier alpha value is -3.33. The maximum Gasteiger partial charge on any atom is 0.276 e. The molecule has 0 N–H and O–H groups in total. The zero-order chi connectivity index (χ0) is 16.4. The molecule has 6 heteroatoms. The Morgan fingerprint density at radius 3 is 2.61 bits per heavy atom. The van der Waals surface area contributed by atoms with E-state index in [0.29, 0.717) is 28.4 Å². The normalized spacial score (nSPS) is 10.3. The second-order valence-corrected chi connectivity index (χ2v) is 4.75. The summed E-state index contributed by atoms with van der Waals surface area (Å²) in [6.07, 6.45) is 1.59. The predicted octanol–water partition coefficient (Wildman–Crippen LogP) is 2.25. The van der Waals surface area contributed by atoms with Gasteiger partial charge in [-0.15, -0.1) is 0 Å². The zero-order valence-corrected chi connectivity index (χ0v) is 12.6. The lowest BCUT2D eigenvalue weighted by Crippen LogP contribution is -2.19. The molecule has 23 heavy (non-hydrogen) atoms. The van der Waals surface area contributed by atoms with Gasteiger partial charge >= 0.3 is 0 Å². The highest BCUT2D eigenvalue weighted by Crippen LogP contribution is 2.32. The fourth-order valence-corrected chi connectivity index (χ4v) is 2.38. The standard InChI is InChI=1S/C17H13N3O3/c1-22-13-7-6-11(9-14(13)23-2)16-12(10-18)17(21)20-8-4-3-5-15(20)19-16/h3-9H,1-2H3. The molecule has 0 aliphatic rings. The van der Waals surface area contributed by atoms with Gasteiger partial charge in [-0.2, -0.15) is 5.26 Å². The van der Waals surface area contributed by atoms with Crippen LogP contribution in [-0.2, 0) is 0 Å². The summed E-state index contributed by atoms with van der Waals surface area (Å²) in [4.78, 5) is 16.9. The molecule has 0 spiro atoms. The first-order chi connectivity index (χ1) is 11.2. The van der Waals surface area contributed by atoms with Crippen LogP contribution < -0.4 is 15.0 Å². The van der Waals surface area contributed by atoms with Crippen LogP contribution in [-0.4, -0.2) is 23.6 Å². The summed E-state index contributed by atoms with van der Waals surface area (Å²) in [5, 5.41) is 9.39. The molecule has 3 rings (SSSR count). The van der Waals surface area contributed by atoms with Crippen molar-refractivity contribution < 1.29 is 9.47 Å². The highest BCUT2D eigenvalue weighted by atomic mass is 16.5. The van der Waals surface area contributed by atoms with Gasteiger partial charge in [0.1, 0.15) is 17.3 Å². The Morgan fingerprint density at radius 2 is 1.91 bits per heavy atom. The van der Waals surface area contributed by atoms with Crippen molar-refractivity contribution >= 4 is 5.65 Å². The first kappa shape index (κ1) is 14.6. The molecule has 0 aliphatic heterocycles. The fraction of sp³-hybridized carbons (Fsp3) is 0.118. The topological polar surface area (TPSA) is 76.6 Å². The van der Waals surface area contributed by atoms with Crippen LogP contribution in [0.3, 0.4) is 0 Å². The molecule has 0 saturated heterocycles. The summed E-state index contributed by atoms with van der Waals surface area (Å²) in [5.74, 6) is 1.07. The summed E-state index contributed by atoms with van der Waals surface area (Å²) in [7, 11) is 3.06. The maximum atomic E-state index is 12.5. The summed E-state index contributed by atoms with van der Waals surface area (Å²) >= 11 is 0. The molecule has 2 heterocycles. The minimum Gasteiger partial charge on any atom is -0.493 e. The number of hydrogen-bond donors (Lipinski definition) is 0. The summed E-state index contributed by atoms with van der Waals surface area (Å²) in [5.41, 5.74) is 0.998. The molecule has 0 radical (unpaired) electrons. The van der Waals surface area contributed by atoms with Gasteiger partial charge in [-0.25, -0.2) is 4.98 Å². The van der Waals surface area contributed by atoms with E-state index in [1.54, 1.807) is 49.7 Å². The van der Waals surface area contributed by atoms with Gasteiger partial charge in [-0.3, -0.25) is 9.20 Å². The molecule has 0 saturated carbocycles. The number of fused-ring (bicyclic) bond motifs is 1. The molecule has 114 valence electrons. The second-order valence-electron chi connectivity index (χ2n) is 4.75. The molecule has 0 unspecified atom stereocenters. The molecule has 0 fully saturated rings. The van der Waals surface area contributed by atoms with Crippen molar-refractivity contribution in [3.8, 4) is 28.8 Å². The molecule has 0 atom stereocenters. The van der Waals surface area contributed by atoms with Gasteiger partial charge in [0.15, 0.2) is 11.5 Å². The first-order valence-corrected chi connectivity index (χ1v) is 6.83. The van der Waals surface area contributed by atoms with Crippen molar-refractivity contribution in [2.75, 3.05) is 14.2 Å². The molecule has 1 aromatic carbocycles. The number of methoxy groups -OCH3 is 2. The van der Waals surface area contributed by atoms with Crippen LogP contribution in [0.25, 0.3) is 16.9 Å². The van der Waals surface area contributed by atoms with Gasteiger partial charge in [0.05, 0.1) is 19.9 Å². The Morgan fingerprint density at radius 1 is 1.13 bits per heavy atom. The number of ether oxygens (including phenoxy) is 2. The van der Waals surface area contributed by atoms with Gasteiger partial charge in [-0.1, -0.05) is 6.07 Å². The maximum absolute atomic E-state index is 12.5. The number of aromatic nitrogens is 2. The van der Waals surface area contributed by atoms with E-state index in [-0.39, 0.29) is 5.56 Å². The first-order valence-electron chi connectivity index (χ1n) is 6.83. The molecule has 6 nitrogen and oxygen atoms in total. The minimum atomic E-state index is -0.400. The third kappa shape index (κ3) is 2.38.